The van der Waals surface area contributed by atoms with Gasteiger partial charge < -0.3 is 5.73 Å². The minimum Gasteiger partial charge on any atom is -0.384 e. The first-order valence-corrected chi connectivity index (χ1v) is 5.05. The zero-order valence-corrected chi connectivity index (χ0v) is 9.36. The number of nitrogens with one attached hydrogen (secondary N) is 1. The molecule has 0 aliphatic heterocycles. The first-order valence-electron chi connectivity index (χ1n) is 5.05. The van der Waals surface area contributed by atoms with Crippen LogP contribution in [0.2, 0.25) is 0 Å². The second kappa shape index (κ2) is 3.81. The average Bonchev–Trinajstić information content (AvgIpc) is 2.64. The maximum absolute atomic E-state index is 7.37. The summed E-state index contributed by atoms with van der Waals surface area (Å²) in [5.41, 5.74) is 9.22. The van der Waals surface area contributed by atoms with Crippen LogP contribution in [0.5, 0.6) is 0 Å². The maximum Gasteiger partial charge on any atom is 0.122 e. The molecule has 1 heterocycles. The van der Waals surface area contributed by atoms with Crippen molar-refractivity contribution in [2.24, 2.45) is 5.73 Å². The van der Waals surface area contributed by atoms with Crippen molar-refractivity contribution in [3.8, 4) is 5.69 Å². The standard InChI is InChI=1S/C12H14N4/c1-8-7-10(12(13)14)3-4-11(8)16-6-5-9(2)15-16/h3-7H,1-2H3,(H3,13,14). The number of aromatic nitrogens is 2. The fraction of sp³-hybridized carbons (Fsp3) is 0.167. The van der Waals surface area contributed by atoms with E-state index in [9.17, 15) is 0 Å². The Labute approximate surface area is 94.2 Å². The summed E-state index contributed by atoms with van der Waals surface area (Å²) in [6, 6.07) is 7.62. The van der Waals surface area contributed by atoms with E-state index in [2.05, 4.69) is 5.10 Å². The largest absolute Gasteiger partial charge is 0.384 e. The highest BCUT2D eigenvalue weighted by molar-refractivity contribution is 5.95. The number of amidine groups is 1. The van der Waals surface area contributed by atoms with Crippen LogP contribution in [0.3, 0.4) is 0 Å². The number of nitrogen functional groups attached to an aromatic ring is 1. The van der Waals surface area contributed by atoms with Crippen molar-refractivity contribution < 1.29 is 0 Å². The van der Waals surface area contributed by atoms with E-state index in [-0.39, 0.29) is 5.84 Å². The van der Waals surface area contributed by atoms with E-state index in [0.29, 0.717) is 0 Å². The van der Waals surface area contributed by atoms with Gasteiger partial charge in [0.15, 0.2) is 0 Å². The van der Waals surface area contributed by atoms with E-state index >= 15 is 0 Å². The zero-order chi connectivity index (χ0) is 11.7. The number of rotatable bonds is 2. The summed E-state index contributed by atoms with van der Waals surface area (Å²) in [7, 11) is 0. The Bertz CT molecular complexity index is 540. The van der Waals surface area contributed by atoms with Crippen molar-refractivity contribution in [1.29, 1.82) is 5.41 Å². The molecule has 1 aromatic carbocycles. The summed E-state index contributed by atoms with van der Waals surface area (Å²) in [5, 5.41) is 11.7. The number of nitrogens with two attached hydrogens (primary N) is 1. The summed E-state index contributed by atoms with van der Waals surface area (Å²) >= 11 is 0. The number of benzene rings is 1. The molecule has 0 radical (unpaired) electrons. The molecule has 3 N–H and O–H groups in total. The molecule has 0 bridgehead atoms. The van der Waals surface area contributed by atoms with Gasteiger partial charge in [-0.2, -0.15) is 5.10 Å². The zero-order valence-electron chi connectivity index (χ0n) is 9.36. The van der Waals surface area contributed by atoms with Gasteiger partial charge in [-0.15, -0.1) is 0 Å². The molecule has 2 aromatic rings. The molecular formula is C12H14N4. The topological polar surface area (TPSA) is 67.7 Å². The lowest BCUT2D eigenvalue weighted by molar-refractivity contribution is 0.855. The molecule has 1 aromatic heterocycles. The van der Waals surface area contributed by atoms with Crippen LogP contribution < -0.4 is 5.73 Å². The Kier molecular flexibility index (Phi) is 2.48. The van der Waals surface area contributed by atoms with Crippen LogP contribution in [-0.4, -0.2) is 15.6 Å². The molecule has 4 nitrogen and oxygen atoms in total. The monoisotopic (exact) mass is 214 g/mol. The highest BCUT2D eigenvalue weighted by Crippen LogP contribution is 2.15. The van der Waals surface area contributed by atoms with Crippen LogP contribution in [0.1, 0.15) is 16.8 Å². The Morgan fingerprint density at radius 2 is 2.06 bits per heavy atom. The van der Waals surface area contributed by atoms with Gasteiger partial charge in [0, 0.05) is 11.8 Å². The van der Waals surface area contributed by atoms with E-state index in [1.807, 2.05) is 49.0 Å². The molecular weight excluding hydrogens is 200 g/mol. The molecule has 16 heavy (non-hydrogen) atoms. The first kappa shape index (κ1) is 10.4. The lowest BCUT2D eigenvalue weighted by atomic mass is 10.1. The van der Waals surface area contributed by atoms with Crippen LogP contribution in [0.25, 0.3) is 5.69 Å². The van der Waals surface area contributed by atoms with Gasteiger partial charge in [-0.25, -0.2) is 4.68 Å². The van der Waals surface area contributed by atoms with Crippen LogP contribution in [-0.2, 0) is 0 Å². The van der Waals surface area contributed by atoms with Gasteiger partial charge in [0.1, 0.15) is 5.84 Å². The molecule has 0 unspecified atom stereocenters. The first-order chi connectivity index (χ1) is 7.58. The van der Waals surface area contributed by atoms with Crippen LogP contribution >= 0.6 is 0 Å². The van der Waals surface area contributed by atoms with Crippen molar-refractivity contribution in [2.75, 3.05) is 0 Å². The van der Waals surface area contributed by atoms with E-state index in [1.54, 1.807) is 0 Å². The summed E-state index contributed by atoms with van der Waals surface area (Å²) in [6.07, 6.45) is 1.92. The lowest BCUT2D eigenvalue weighted by Gasteiger charge is -2.07. The molecule has 0 fully saturated rings. The van der Waals surface area contributed by atoms with E-state index in [0.717, 1.165) is 22.5 Å². The predicted octanol–water partition coefficient (Wildman–Crippen LogP) is 1.77. The SMILES string of the molecule is Cc1ccn(-c2ccc(C(=N)N)cc2C)n1. The van der Waals surface area contributed by atoms with E-state index < -0.39 is 0 Å². The molecule has 0 saturated carbocycles. The van der Waals surface area contributed by atoms with Gasteiger partial charge in [0.25, 0.3) is 0 Å². The van der Waals surface area contributed by atoms with Gasteiger partial charge >= 0.3 is 0 Å². The maximum atomic E-state index is 7.37. The van der Waals surface area contributed by atoms with Crippen molar-refractivity contribution in [3.63, 3.8) is 0 Å². The van der Waals surface area contributed by atoms with Crippen molar-refractivity contribution in [2.45, 2.75) is 13.8 Å². The predicted molar refractivity (Wildman–Crippen MR) is 64.1 cm³/mol. The van der Waals surface area contributed by atoms with Gasteiger partial charge in [0.05, 0.1) is 11.4 Å². The molecule has 0 aliphatic carbocycles. The second-order valence-electron chi connectivity index (χ2n) is 3.82. The Morgan fingerprint density at radius 3 is 2.56 bits per heavy atom. The summed E-state index contributed by atoms with van der Waals surface area (Å²) in [5.74, 6) is 0.0892. The highest BCUT2D eigenvalue weighted by Gasteiger charge is 2.04. The van der Waals surface area contributed by atoms with Crippen molar-refractivity contribution >= 4 is 5.84 Å². The van der Waals surface area contributed by atoms with Crippen LogP contribution in [0, 0.1) is 19.3 Å². The molecule has 0 atom stereocenters. The van der Waals surface area contributed by atoms with Crippen LogP contribution in [0.15, 0.2) is 30.5 Å². The van der Waals surface area contributed by atoms with Gasteiger partial charge in [-0.05, 0) is 43.7 Å². The minimum absolute atomic E-state index is 0.0892. The Balaban J connectivity index is 2.47. The molecule has 0 spiro atoms. The molecule has 0 saturated heterocycles. The number of hydrogen-bond acceptors (Lipinski definition) is 2. The van der Waals surface area contributed by atoms with E-state index in [4.69, 9.17) is 11.1 Å². The third-order valence-electron chi connectivity index (χ3n) is 2.48. The fourth-order valence-electron chi connectivity index (χ4n) is 1.63. The van der Waals surface area contributed by atoms with Crippen LogP contribution in [0.4, 0.5) is 0 Å². The van der Waals surface area contributed by atoms with Crippen molar-refractivity contribution in [1.82, 2.24) is 9.78 Å². The fourth-order valence-corrected chi connectivity index (χ4v) is 1.63. The van der Waals surface area contributed by atoms with Gasteiger partial charge in [-0.3, -0.25) is 5.41 Å². The number of aryl methyl sites for hydroxylation is 2. The Morgan fingerprint density at radius 1 is 1.31 bits per heavy atom. The molecule has 2 rings (SSSR count). The molecule has 82 valence electrons. The summed E-state index contributed by atoms with van der Waals surface area (Å²) in [4.78, 5) is 0. The third-order valence-corrected chi connectivity index (χ3v) is 2.48. The van der Waals surface area contributed by atoms with Gasteiger partial charge in [-0.1, -0.05) is 0 Å². The van der Waals surface area contributed by atoms with Crippen molar-refractivity contribution in [3.05, 3.63) is 47.3 Å². The summed E-state index contributed by atoms with van der Waals surface area (Å²) in [6.45, 7) is 3.94. The smallest absolute Gasteiger partial charge is 0.122 e. The lowest BCUT2D eigenvalue weighted by Crippen LogP contribution is -2.11. The molecule has 0 amide bonds. The minimum atomic E-state index is 0.0892. The van der Waals surface area contributed by atoms with Gasteiger partial charge in [0.2, 0.25) is 0 Å². The Hall–Kier alpha value is -2.10. The quantitative estimate of drug-likeness (QED) is 0.591. The normalized spacial score (nSPS) is 10.4. The average molecular weight is 214 g/mol. The molecule has 0 aliphatic rings. The highest BCUT2D eigenvalue weighted by atomic mass is 15.3. The summed E-state index contributed by atoms with van der Waals surface area (Å²) < 4.78 is 1.83. The third kappa shape index (κ3) is 1.82. The molecule has 4 heteroatoms. The van der Waals surface area contributed by atoms with E-state index in [1.165, 1.54) is 0 Å². The number of hydrogen-bond donors (Lipinski definition) is 2. The number of nitrogens with zero attached hydrogens (tertiary/aromatic N) is 2. The second-order valence-corrected chi connectivity index (χ2v) is 3.82.